The second-order valence-corrected chi connectivity index (χ2v) is 5.17. The monoisotopic (exact) mass is 323 g/mol. The highest BCUT2D eigenvalue weighted by Crippen LogP contribution is 2.32. The Kier molecular flexibility index (Phi) is 4.56. The summed E-state index contributed by atoms with van der Waals surface area (Å²) in [6.45, 7) is 2.04. The standard InChI is InChI=1S/C15H15BrFNO/c1-10(18-2)14-7-6-11(16)8-15(14)19-13-5-3-4-12(17)9-13/h3-10,18H,1-2H3. The third-order valence-electron chi connectivity index (χ3n) is 2.90. The van der Waals surface area contributed by atoms with Crippen LogP contribution in [0.25, 0.3) is 0 Å². The Labute approximate surface area is 120 Å². The molecule has 2 nitrogen and oxygen atoms in total. The van der Waals surface area contributed by atoms with Crippen LogP contribution in [-0.4, -0.2) is 7.05 Å². The zero-order valence-corrected chi connectivity index (χ0v) is 12.4. The summed E-state index contributed by atoms with van der Waals surface area (Å²) in [6, 6.07) is 12.1. The van der Waals surface area contributed by atoms with Crippen molar-refractivity contribution in [3.8, 4) is 11.5 Å². The van der Waals surface area contributed by atoms with E-state index < -0.39 is 0 Å². The lowest BCUT2D eigenvalue weighted by Gasteiger charge is -2.16. The first-order valence-electron chi connectivity index (χ1n) is 6.00. The van der Waals surface area contributed by atoms with E-state index in [0.717, 1.165) is 10.0 Å². The first-order valence-corrected chi connectivity index (χ1v) is 6.79. The van der Waals surface area contributed by atoms with Gasteiger partial charge < -0.3 is 10.1 Å². The van der Waals surface area contributed by atoms with Crippen LogP contribution in [0.4, 0.5) is 4.39 Å². The molecular weight excluding hydrogens is 309 g/mol. The molecule has 0 bridgehead atoms. The SMILES string of the molecule is CNC(C)c1ccc(Br)cc1Oc1cccc(F)c1. The molecule has 0 spiro atoms. The number of nitrogens with one attached hydrogen (secondary N) is 1. The van der Waals surface area contributed by atoms with Crippen LogP contribution in [0.1, 0.15) is 18.5 Å². The molecule has 2 aromatic rings. The third kappa shape index (κ3) is 3.55. The fourth-order valence-electron chi connectivity index (χ4n) is 1.77. The maximum Gasteiger partial charge on any atom is 0.133 e. The average Bonchev–Trinajstić information content (AvgIpc) is 2.38. The van der Waals surface area contributed by atoms with E-state index in [1.807, 2.05) is 32.2 Å². The van der Waals surface area contributed by atoms with Crippen LogP contribution in [0.5, 0.6) is 11.5 Å². The maximum absolute atomic E-state index is 13.2. The van der Waals surface area contributed by atoms with Gasteiger partial charge in [0.05, 0.1) is 0 Å². The molecule has 0 aromatic heterocycles. The van der Waals surface area contributed by atoms with Gasteiger partial charge in [0.1, 0.15) is 17.3 Å². The smallest absolute Gasteiger partial charge is 0.133 e. The summed E-state index contributed by atoms with van der Waals surface area (Å²) in [6.07, 6.45) is 0. The van der Waals surface area contributed by atoms with Gasteiger partial charge in [-0.3, -0.25) is 0 Å². The Bertz CT molecular complexity index is 574. The van der Waals surface area contributed by atoms with Crippen LogP contribution in [0.15, 0.2) is 46.9 Å². The molecule has 2 aromatic carbocycles. The van der Waals surface area contributed by atoms with Crippen molar-refractivity contribution < 1.29 is 9.13 Å². The number of ether oxygens (including phenoxy) is 1. The second kappa shape index (κ2) is 6.17. The lowest BCUT2D eigenvalue weighted by atomic mass is 10.1. The van der Waals surface area contributed by atoms with Crippen LogP contribution in [-0.2, 0) is 0 Å². The number of rotatable bonds is 4. The lowest BCUT2D eigenvalue weighted by molar-refractivity contribution is 0.461. The third-order valence-corrected chi connectivity index (χ3v) is 3.39. The van der Waals surface area contributed by atoms with E-state index in [0.29, 0.717) is 11.5 Å². The van der Waals surface area contributed by atoms with Gasteiger partial charge in [0.15, 0.2) is 0 Å². The van der Waals surface area contributed by atoms with Crippen molar-refractivity contribution in [2.24, 2.45) is 0 Å². The number of hydrogen-bond acceptors (Lipinski definition) is 2. The van der Waals surface area contributed by atoms with Crippen LogP contribution in [0.3, 0.4) is 0 Å². The quantitative estimate of drug-likeness (QED) is 0.883. The van der Waals surface area contributed by atoms with Gasteiger partial charge in [0.25, 0.3) is 0 Å². The molecule has 1 atom stereocenters. The summed E-state index contributed by atoms with van der Waals surface area (Å²) >= 11 is 3.42. The van der Waals surface area contributed by atoms with Gasteiger partial charge in [-0.1, -0.05) is 28.1 Å². The number of halogens is 2. The summed E-state index contributed by atoms with van der Waals surface area (Å²) in [5.41, 5.74) is 1.02. The lowest BCUT2D eigenvalue weighted by Crippen LogP contribution is -2.13. The van der Waals surface area contributed by atoms with Crippen LogP contribution in [0.2, 0.25) is 0 Å². The molecule has 100 valence electrons. The molecule has 0 aliphatic rings. The van der Waals surface area contributed by atoms with Crippen molar-refractivity contribution in [2.75, 3.05) is 7.05 Å². The molecule has 1 N–H and O–H groups in total. The van der Waals surface area contributed by atoms with Crippen molar-refractivity contribution in [1.82, 2.24) is 5.32 Å². The molecule has 19 heavy (non-hydrogen) atoms. The first kappa shape index (κ1) is 14.0. The summed E-state index contributed by atoms with van der Waals surface area (Å²) in [5, 5.41) is 3.17. The first-order chi connectivity index (χ1) is 9.10. The maximum atomic E-state index is 13.2. The summed E-state index contributed by atoms with van der Waals surface area (Å²) < 4.78 is 19.9. The fourth-order valence-corrected chi connectivity index (χ4v) is 2.11. The van der Waals surface area contributed by atoms with E-state index >= 15 is 0 Å². The van der Waals surface area contributed by atoms with Crippen LogP contribution in [0, 0.1) is 5.82 Å². The highest BCUT2D eigenvalue weighted by molar-refractivity contribution is 9.10. The molecule has 0 fully saturated rings. The van der Waals surface area contributed by atoms with Gasteiger partial charge in [0, 0.05) is 22.1 Å². The van der Waals surface area contributed by atoms with E-state index in [1.54, 1.807) is 12.1 Å². The van der Waals surface area contributed by atoms with Gasteiger partial charge in [-0.2, -0.15) is 0 Å². The van der Waals surface area contributed by atoms with Crippen LogP contribution >= 0.6 is 15.9 Å². The van der Waals surface area contributed by atoms with Crippen molar-refractivity contribution in [3.05, 3.63) is 58.3 Å². The minimum Gasteiger partial charge on any atom is -0.457 e. The topological polar surface area (TPSA) is 21.3 Å². The molecule has 1 unspecified atom stereocenters. The Balaban J connectivity index is 2.35. The van der Waals surface area contributed by atoms with Crippen molar-refractivity contribution >= 4 is 15.9 Å². The molecule has 2 rings (SSSR count). The molecule has 0 saturated carbocycles. The minimum atomic E-state index is -0.310. The van der Waals surface area contributed by atoms with Crippen molar-refractivity contribution in [2.45, 2.75) is 13.0 Å². The van der Waals surface area contributed by atoms with Gasteiger partial charge in [-0.25, -0.2) is 4.39 Å². The Morgan fingerprint density at radius 1 is 1.21 bits per heavy atom. The van der Waals surface area contributed by atoms with E-state index in [9.17, 15) is 4.39 Å². The summed E-state index contributed by atoms with van der Waals surface area (Å²) in [4.78, 5) is 0. The molecule has 0 radical (unpaired) electrons. The predicted octanol–water partition coefficient (Wildman–Crippen LogP) is 4.66. The Morgan fingerprint density at radius 2 is 2.00 bits per heavy atom. The van der Waals surface area contributed by atoms with Gasteiger partial charge in [-0.15, -0.1) is 0 Å². The number of benzene rings is 2. The Hall–Kier alpha value is -1.39. The normalized spacial score (nSPS) is 12.2. The molecule has 4 heteroatoms. The molecule has 0 amide bonds. The fraction of sp³-hybridized carbons (Fsp3) is 0.200. The molecule has 0 heterocycles. The zero-order chi connectivity index (χ0) is 13.8. The van der Waals surface area contributed by atoms with Crippen molar-refractivity contribution in [1.29, 1.82) is 0 Å². The predicted molar refractivity (Wildman–Crippen MR) is 78.1 cm³/mol. The van der Waals surface area contributed by atoms with E-state index in [2.05, 4.69) is 21.2 Å². The van der Waals surface area contributed by atoms with E-state index in [-0.39, 0.29) is 11.9 Å². The zero-order valence-electron chi connectivity index (χ0n) is 10.8. The highest BCUT2D eigenvalue weighted by Gasteiger charge is 2.11. The summed E-state index contributed by atoms with van der Waals surface area (Å²) in [5.74, 6) is 0.889. The highest BCUT2D eigenvalue weighted by atomic mass is 79.9. The van der Waals surface area contributed by atoms with E-state index in [1.165, 1.54) is 12.1 Å². The van der Waals surface area contributed by atoms with Gasteiger partial charge >= 0.3 is 0 Å². The van der Waals surface area contributed by atoms with E-state index in [4.69, 9.17) is 4.74 Å². The van der Waals surface area contributed by atoms with Gasteiger partial charge in [-0.05, 0) is 38.2 Å². The molecule has 0 aliphatic heterocycles. The average molecular weight is 324 g/mol. The second-order valence-electron chi connectivity index (χ2n) is 4.25. The number of hydrogen-bond donors (Lipinski definition) is 1. The molecule has 0 aliphatic carbocycles. The molecule has 0 saturated heterocycles. The van der Waals surface area contributed by atoms with Crippen molar-refractivity contribution in [3.63, 3.8) is 0 Å². The largest absolute Gasteiger partial charge is 0.457 e. The minimum absolute atomic E-state index is 0.150. The van der Waals surface area contributed by atoms with Gasteiger partial charge in [0.2, 0.25) is 0 Å². The summed E-state index contributed by atoms with van der Waals surface area (Å²) in [7, 11) is 1.89. The van der Waals surface area contributed by atoms with Crippen LogP contribution < -0.4 is 10.1 Å². The Morgan fingerprint density at radius 3 is 2.68 bits per heavy atom. The molecular formula is C15H15BrFNO.